The normalized spacial score (nSPS) is 13.5. The second kappa shape index (κ2) is 9.26. The molecule has 0 fully saturated rings. The fourth-order valence-corrected chi connectivity index (χ4v) is 4.15. The molecule has 0 aliphatic carbocycles. The van der Waals surface area contributed by atoms with Crippen molar-refractivity contribution in [3.63, 3.8) is 0 Å². The first-order chi connectivity index (χ1) is 16.9. The molecule has 3 heterocycles. The fourth-order valence-electron chi connectivity index (χ4n) is 3.75. The number of amides is 4. The van der Waals surface area contributed by atoms with Crippen LogP contribution in [0.1, 0.15) is 37.6 Å². The summed E-state index contributed by atoms with van der Waals surface area (Å²) in [7, 11) is 3.28. The third-order valence-electron chi connectivity index (χ3n) is 5.63. The molecule has 3 aromatic rings. The zero-order valence-corrected chi connectivity index (χ0v) is 21.4. The minimum Gasteiger partial charge on any atom is -0.357 e. The lowest BCUT2D eigenvalue weighted by molar-refractivity contribution is 0.251. The van der Waals surface area contributed by atoms with E-state index in [-0.39, 0.29) is 29.2 Å². The van der Waals surface area contributed by atoms with Crippen molar-refractivity contribution in [1.29, 1.82) is 0 Å². The first-order valence-electron chi connectivity index (χ1n) is 11.0. The molecular weight excluding hydrogens is 491 g/mol. The Balaban J connectivity index is 1.59. The highest BCUT2D eigenvalue weighted by molar-refractivity contribution is 6.34. The Morgan fingerprint density at radius 2 is 1.97 bits per heavy atom. The minimum absolute atomic E-state index is 0.0581. The van der Waals surface area contributed by atoms with Crippen LogP contribution in [-0.2, 0) is 12.0 Å². The second-order valence-corrected chi connectivity index (χ2v) is 9.72. The number of nitrogens with zero attached hydrogens (tertiary/aromatic N) is 5. The summed E-state index contributed by atoms with van der Waals surface area (Å²) in [5, 5.41) is 11.8. The summed E-state index contributed by atoms with van der Waals surface area (Å²) in [5.74, 6) is 0.133. The van der Waals surface area contributed by atoms with Gasteiger partial charge in [0.25, 0.3) is 5.88 Å². The highest BCUT2D eigenvalue weighted by Crippen LogP contribution is 2.36. The van der Waals surface area contributed by atoms with Crippen LogP contribution >= 0.6 is 11.6 Å². The van der Waals surface area contributed by atoms with Crippen LogP contribution in [0.3, 0.4) is 0 Å². The lowest BCUT2D eigenvalue weighted by Gasteiger charge is -2.35. The van der Waals surface area contributed by atoms with Gasteiger partial charge in [0.15, 0.2) is 0 Å². The molecule has 0 atom stereocenters. The maximum atomic E-state index is 14.8. The first-order valence-corrected chi connectivity index (χ1v) is 11.4. The van der Waals surface area contributed by atoms with Gasteiger partial charge in [0, 0.05) is 31.3 Å². The summed E-state index contributed by atoms with van der Waals surface area (Å²) in [6.07, 6.45) is 1.63. The van der Waals surface area contributed by atoms with Gasteiger partial charge in [0.05, 0.1) is 17.9 Å². The number of rotatable bonds is 4. The number of anilines is 5. The standard InChI is InChI=1S/C23H26ClFN8O3/c1-11-7-13(25)14(28-21(34)30-19-16(24)17(31-36-19)23(2,3)4)8-15(11)33-10-12-9-27-20(26-5)29-18(12)32(6)22(33)35/h7-9H,10H2,1-6H3,(H,26,27,29)(H2,28,30,34). The maximum Gasteiger partial charge on any atom is 0.330 e. The van der Waals surface area contributed by atoms with Gasteiger partial charge in [-0.1, -0.05) is 37.5 Å². The number of carbonyl (C=O) groups excluding carboxylic acids is 2. The monoisotopic (exact) mass is 516 g/mol. The summed E-state index contributed by atoms with van der Waals surface area (Å²) >= 11 is 6.29. The molecule has 0 spiro atoms. The van der Waals surface area contributed by atoms with Gasteiger partial charge >= 0.3 is 12.1 Å². The number of hydrogen-bond acceptors (Lipinski definition) is 7. The van der Waals surface area contributed by atoms with Gasteiger partial charge in [-0.15, -0.1) is 0 Å². The van der Waals surface area contributed by atoms with Gasteiger partial charge in [0.1, 0.15) is 22.4 Å². The Kier molecular flexibility index (Phi) is 6.48. The molecular formula is C23H26ClFN8O3. The van der Waals surface area contributed by atoms with Crippen LogP contribution in [0.25, 0.3) is 0 Å². The van der Waals surface area contributed by atoms with E-state index in [0.717, 1.165) is 0 Å². The predicted molar refractivity (Wildman–Crippen MR) is 136 cm³/mol. The van der Waals surface area contributed by atoms with E-state index in [9.17, 15) is 14.0 Å². The molecule has 1 aliphatic rings. The zero-order valence-electron chi connectivity index (χ0n) is 20.7. The van der Waals surface area contributed by atoms with Crippen molar-refractivity contribution < 1.29 is 18.5 Å². The van der Waals surface area contributed by atoms with Crippen LogP contribution in [0.4, 0.5) is 43.0 Å². The lowest BCUT2D eigenvalue weighted by Crippen LogP contribution is -2.46. The van der Waals surface area contributed by atoms with Crippen molar-refractivity contribution in [2.45, 2.75) is 39.7 Å². The molecule has 0 bridgehead atoms. The highest BCUT2D eigenvalue weighted by atomic mass is 35.5. The number of aromatic nitrogens is 3. The summed E-state index contributed by atoms with van der Waals surface area (Å²) in [5.41, 5.74) is 1.57. The molecule has 13 heteroatoms. The van der Waals surface area contributed by atoms with Crippen LogP contribution in [-0.4, -0.2) is 41.3 Å². The summed E-state index contributed by atoms with van der Waals surface area (Å²) in [4.78, 5) is 37.2. The van der Waals surface area contributed by atoms with Crippen molar-refractivity contribution in [3.8, 4) is 0 Å². The number of hydrogen-bond donors (Lipinski definition) is 3. The third kappa shape index (κ3) is 4.63. The largest absolute Gasteiger partial charge is 0.357 e. The maximum absolute atomic E-state index is 14.8. The quantitative estimate of drug-likeness (QED) is 0.438. The van der Waals surface area contributed by atoms with Gasteiger partial charge in [0.2, 0.25) is 5.95 Å². The summed E-state index contributed by atoms with van der Waals surface area (Å²) in [6, 6.07) is 1.49. The minimum atomic E-state index is -0.789. The van der Waals surface area contributed by atoms with E-state index in [4.69, 9.17) is 16.1 Å². The smallest absolute Gasteiger partial charge is 0.330 e. The predicted octanol–water partition coefficient (Wildman–Crippen LogP) is 5.13. The van der Waals surface area contributed by atoms with Gasteiger partial charge < -0.3 is 15.2 Å². The van der Waals surface area contributed by atoms with Crippen molar-refractivity contribution in [1.82, 2.24) is 15.1 Å². The molecule has 4 rings (SSSR count). The van der Waals surface area contributed by atoms with Crippen molar-refractivity contribution >= 4 is 52.7 Å². The first kappa shape index (κ1) is 25.2. The van der Waals surface area contributed by atoms with Crippen LogP contribution in [0, 0.1) is 12.7 Å². The van der Waals surface area contributed by atoms with E-state index in [1.54, 1.807) is 27.2 Å². The molecule has 0 unspecified atom stereocenters. The molecule has 11 nitrogen and oxygen atoms in total. The zero-order chi connectivity index (χ0) is 26.4. The highest BCUT2D eigenvalue weighted by Gasteiger charge is 2.32. The topological polar surface area (TPSA) is 129 Å². The third-order valence-corrected chi connectivity index (χ3v) is 5.98. The summed E-state index contributed by atoms with van der Waals surface area (Å²) < 4.78 is 19.9. The van der Waals surface area contributed by atoms with Crippen molar-refractivity contribution in [2.75, 3.05) is 39.8 Å². The Hall–Kier alpha value is -3.93. The Morgan fingerprint density at radius 3 is 2.61 bits per heavy atom. The summed E-state index contributed by atoms with van der Waals surface area (Å²) in [6.45, 7) is 7.53. The Bertz CT molecular complexity index is 1350. The second-order valence-electron chi connectivity index (χ2n) is 9.34. The average Bonchev–Trinajstić information content (AvgIpc) is 3.18. The fraction of sp³-hybridized carbons (Fsp3) is 0.348. The molecule has 36 heavy (non-hydrogen) atoms. The molecule has 1 aliphatic heterocycles. The number of fused-ring (bicyclic) bond motifs is 1. The molecule has 190 valence electrons. The average molecular weight is 517 g/mol. The Morgan fingerprint density at radius 1 is 1.25 bits per heavy atom. The van der Waals surface area contributed by atoms with Crippen molar-refractivity contribution in [2.24, 2.45) is 0 Å². The van der Waals surface area contributed by atoms with Gasteiger partial charge in [-0.25, -0.2) is 19.0 Å². The number of urea groups is 2. The number of nitrogens with one attached hydrogen (secondary N) is 3. The number of halogens is 2. The van der Waals surface area contributed by atoms with Crippen LogP contribution < -0.4 is 25.8 Å². The van der Waals surface area contributed by atoms with E-state index in [2.05, 4.69) is 31.1 Å². The number of carbonyl (C=O) groups is 2. The number of aryl methyl sites for hydroxylation is 1. The SMILES string of the molecule is CNc1ncc2c(n1)N(C)C(=O)N(c1cc(NC(=O)Nc3onc(C(C)(C)C)c3Cl)c(F)cc1C)C2. The van der Waals surface area contributed by atoms with E-state index in [0.29, 0.717) is 34.3 Å². The molecule has 1 aromatic carbocycles. The molecule has 0 saturated carbocycles. The molecule has 3 N–H and O–H groups in total. The van der Waals surface area contributed by atoms with Gasteiger partial charge in [-0.2, -0.15) is 4.98 Å². The van der Waals surface area contributed by atoms with E-state index in [1.165, 1.54) is 21.9 Å². The van der Waals surface area contributed by atoms with E-state index < -0.39 is 17.3 Å². The van der Waals surface area contributed by atoms with Gasteiger partial charge in [-0.05, 0) is 24.6 Å². The lowest BCUT2D eigenvalue weighted by atomic mass is 9.92. The van der Waals surface area contributed by atoms with Crippen molar-refractivity contribution in [3.05, 3.63) is 46.0 Å². The van der Waals surface area contributed by atoms with Crippen LogP contribution in [0.2, 0.25) is 5.02 Å². The van der Waals surface area contributed by atoms with E-state index in [1.807, 2.05) is 20.8 Å². The van der Waals surface area contributed by atoms with Crippen LogP contribution in [0.5, 0.6) is 0 Å². The number of benzene rings is 1. The molecule has 2 aromatic heterocycles. The van der Waals surface area contributed by atoms with Crippen LogP contribution in [0.15, 0.2) is 22.9 Å². The Labute approximate surface area is 212 Å². The van der Waals surface area contributed by atoms with E-state index >= 15 is 0 Å². The van der Waals surface area contributed by atoms with Gasteiger partial charge in [-0.3, -0.25) is 15.1 Å². The molecule has 0 saturated heterocycles. The molecule has 0 radical (unpaired) electrons. The molecule has 4 amide bonds.